The minimum absolute atomic E-state index is 0.114. The predicted octanol–water partition coefficient (Wildman–Crippen LogP) is 5.01. The van der Waals surface area contributed by atoms with Crippen molar-refractivity contribution in [3.8, 4) is 17.2 Å². The topological polar surface area (TPSA) is 69.9 Å². The van der Waals surface area contributed by atoms with Gasteiger partial charge >= 0.3 is 0 Å². The molecule has 1 N–H and O–H groups in total. The van der Waals surface area contributed by atoms with Crippen molar-refractivity contribution in [3.63, 3.8) is 0 Å². The summed E-state index contributed by atoms with van der Waals surface area (Å²) in [6.07, 6.45) is 0. The van der Waals surface area contributed by atoms with E-state index in [-0.39, 0.29) is 12.5 Å². The number of rotatable bonds is 7. The van der Waals surface area contributed by atoms with Crippen LogP contribution in [0.4, 0.5) is 5.69 Å². The lowest BCUT2D eigenvalue weighted by molar-refractivity contribution is -0.118. The summed E-state index contributed by atoms with van der Waals surface area (Å²) in [6.45, 7) is 2.32. The van der Waals surface area contributed by atoms with Gasteiger partial charge in [-0.2, -0.15) is 0 Å². The molecule has 1 amide bonds. The fourth-order valence-corrected chi connectivity index (χ4v) is 3.16. The van der Waals surface area contributed by atoms with E-state index in [1.54, 1.807) is 31.4 Å². The lowest BCUT2D eigenvalue weighted by Gasteiger charge is -2.12. The molecule has 6 heteroatoms. The van der Waals surface area contributed by atoms with E-state index in [9.17, 15) is 4.79 Å². The van der Waals surface area contributed by atoms with Gasteiger partial charge in [-0.3, -0.25) is 4.79 Å². The molecule has 0 fully saturated rings. The molecule has 0 atom stereocenters. The number of amides is 1. The monoisotopic (exact) mass is 391 g/mol. The third-order valence-corrected chi connectivity index (χ3v) is 4.47. The van der Waals surface area contributed by atoms with Crippen LogP contribution >= 0.6 is 0 Å². The average Bonchev–Trinajstić information content (AvgIpc) is 3.11. The number of anilines is 1. The number of carbonyl (C=O) groups is 1. The molecule has 4 aromatic rings. The van der Waals surface area contributed by atoms with Crippen LogP contribution in [-0.4, -0.2) is 26.2 Å². The van der Waals surface area contributed by atoms with E-state index in [1.807, 2.05) is 43.3 Å². The van der Waals surface area contributed by atoms with E-state index in [4.69, 9.17) is 18.6 Å². The zero-order valence-electron chi connectivity index (χ0n) is 16.2. The number of nitrogens with one attached hydrogen (secondary N) is 1. The summed E-state index contributed by atoms with van der Waals surface area (Å²) in [7, 11) is 1.56. The van der Waals surface area contributed by atoms with Gasteiger partial charge in [0, 0.05) is 22.5 Å². The molecule has 29 heavy (non-hydrogen) atoms. The van der Waals surface area contributed by atoms with Crippen LogP contribution in [0.1, 0.15) is 6.92 Å². The maximum absolute atomic E-state index is 12.3. The van der Waals surface area contributed by atoms with E-state index in [1.165, 1.54) is 0 Å². The van der Waals surface area contributed by atoms with Crippen LogP contribution in [0.25, 0.3) is 21.9 Å². The standard InChI is InChI=1S/C23H21NO5/c1-3-27-21-10-8-15(12-22(21)26-2)24-23(25)14-28-16-9-11-20-18(13-16)17-6-4-5-7-19(17)29-20/h4-13H,3,14H2,1-2H3,(H,24,25). The van der Waals surface area contributed by atoms with Gasteiger partial charge < -0.3 is 23.9 Å². The highest BCUT2D eigenvalue weighted by molar-refractivity contribution is 6.05. The highest BCUT2D eigenvalue weighted by Gasteiger charge is 2.10. The van der Waals surface area contributed by atoms with Crippen LogP contribution in [0.3, 0.4) is 0 Å². The molecule has 6 nitrogen and oxygen atoms in total. The Balaban J connectivity index is 1.43. The minimum Gasteiger partial charge on any atom is -0.493 e. The Morgan fingerprint density at radius 1 is 0.931 bits per heavy atom. The third-order valence-electron chi connectivity index (χ3n) is 4.47. The van der Waals surface area contributed by atoms with Crippen LogP contribution in [0.15, 0.2) is 65.1 Å². The summed E-state index contributed by atoms with van der Waals surface area (Å²) in [5, 5.41) is 4.77. The Morgan fingerprint density at radius 3 is 2.59 bits per heavy atom. The van der Waals surface area contributed by atoms with E-state index < -0.39 is 0 Å². The van der Waals surface area contributed by atoms with Gasteiger partial charge in [-0.15, -0.1) is 0 Å². The number of furan rings is 1. The summed E-state index contributed by atoms with van der Waals surface area (Å²) < 4.78 is 22.3. The molecule has 0 saturated carbocycles. The van der Waals surface area contributed by atoms with Crippen molar-refractivity contribution in [3.05, 3.63) is 60.7 Å². The van der Waals surface area contributed by atoms with Crippen LogP contribution in [-0.2, 0) is 4.79 Å². The number of carbonyl (C=O) groups excluding carboxylic acids is 1. The van der Waals surface area contributed by atoms with Crippen molar-refractivity contribution in [2.45, 2.75) is 6.92 Å². The molecule has 3 aromatic carbocycles. The van der Waals surface area contributed by atoms with Gasteiger partial charge in [-0.1, -0.05) is 18.2 Å². The maximum atomic E-state index is 12.3. The Kier molecular flexibility index (Phi) is 5.24. The molecule has 1 aromatic heterocycles. The SMILES string of the molecule is CCOc1ccc(NC(=O)COc2ccc3oc4ccccc4c3c2)cc1OC. The van der Waals surface area contributed by atoms with Crippen molar-refractivity contribution in [2.24, 2.45) is 0 Å². The Labute approximate surface area is 168 Å². The number of methoxy groups -OCH3 is 1. The molecular weight excluding hydrogens is 370 g/mol. The largest absolute Gasteiger partial charge is 0.493 e. The molecule has 0 aliphatic heterocycles. The van der Waals surface area contributed by atoms with Gasteiger partial charge in [0.05, 0.1) is 13.7 Å². The molecule has 0 bridgehead atoms. The first-order chi connectivity index (χ1) is 14.2. The van der Waals surface area contributed by atoms with Crippen LogP contribution in [0.2, 0.25) is 0 Å². The molecule has 0 radical (unpaired) electrons. The summed E-state index contributed by atoms with van der Waals surface area (Å²) in [5.41, 5.74) is 2.21. The van der Waals surface area contributed by atoms with E-state index >= 15 is 0 Å². The summed E-state index contributed by atoms with van der Waals surface area (Å²) in [6, 6.07) is 18.6. The summed E-state index contributed by atoms with van der Waals surface area (Å²) >= 11 is 0. The molecular formula is C23H21NO5. The first-order valence-corrected chi connectivity index (χ1v) is 9.32. The van der Waals surface area contributed by atoms with Crippen molar-refractivity contribution < 1.29 is 23.4 Å². The van der Waals surface area contributed by atoms with E-state index in [0.29, 0.717) is 29.5 Å². The highest BCUT2D eigenvalue weighted by Crippen LogP contribution is 2.32. The molecule has 1 heterocycles. The maximum Gasteiger partial charge on any atom is 0.262 e. The number of para-hydroxylation sites is 1. The lowest BCUT2D eigenvalue weighted by atomic mass is 10.1. The van der Waals surface area contributed by atoms with Gasteiger partial charge in [0.25, 0.3) is 5.91 Å². The van der Waals surface area contributed by atoms with Gasteiger partial charge in [-0.25, -0.2) is 0 Å². The first-order valence-electron chi connectivity index (χ1n) is 9.32. The zero-order valence-corrected chi connectivity index (χ0v) is 16.2. The smallest absolute Gasteiger partial charge is 0.262 e. The molecule has 0 unspecified atom stereocenters. The second-order valence-electron chi connectivity index (χ2n) is 6.39. The molecule has 0 saturated heterocycles. The number of hydrogen-bond acceptors (Lipinski definition) is 5. The van der Waals surface area contributed by atoms with Gasteiger partial charge in [-0.05, 0) is 43.3 Å². The molecule has 4 rings (SSSR count). The van der Waals surface area contributed by atoms with Crippen molar-refractivity contribution >= 4 is 33.5 Å². The quantitative estimate of drug-likeness (QED) is 0.479. The van der Waals surface area contributed by atoms with Crippen LogP contribution in [0, 0.1) is 0 Å². The number of hydrogen-bond donors (Lipinski definition) is 1. The second-order valence-corrected chi connectivity index (χ2v) is 6.39. The lowest BCUT2D eigenvalue weighted by Crippen LogP contribution is -2.20. The number of fused-ring (bicyclic) bond motifs is 3. The minimum atomic E-state index is -0.270. The van der Waals surface area contributed by atoms with Crippen molar-refractivity contribution in [2.75, 3.05) is 25.6 Å². The van der Waals surface area contributed by atoms with E-state index in [2.05, 4.69) is 5.32 Å². The third kappa shape index (κ3) is 3.96. The normalized spacial score (nSPS) is 10.8. The number of benzene rings is 3. The van der Waals surface area contributed by atoms with Gasteiger partial charge in [0.15, 0.2) is 18.1 Å². The molecule has 0 aliphatic rings. The van der Waals surface area contributed by atoms with Crippen LogP contribution < -0.4 is 19.5 Å². The Hall–Kier alpha value is -3.67. The van der Waals surface area contributed by atoms with Crippen molar-refractivity contribution in [1.29, 1.82) is 0 Å². The Bertz CT molecular complexity index is 1160. The Morgan fingerprint density at radius 2 is 1.76 bits per heavy atom. The highest BCUT2D eigenvalue weighted by atomic mass is 16.5. The molecule has 0 aliphatic carbocycles. The summed E-state index contributed by atoms with van der Waals surface area (Å²) in [4.78, 5) is 12.3. The first kappa shape index (κ1) is 18.7. The van der Waals surface area contributed by atoms with Gasteiger partial charge in [0.2, 0.25) is 0 Å². The predicted molar refractivity (Wildman–Crippen MR) is 112 cm³/mol. The molecule has 0 spiro atoms. The van der Waals surface area contributed by atoms with Gasteiger partial charge in [0.1, 0.15) is 16.9 Å². The summed E-state index contributed by atoms with van der Waals surface area (Å²) in [5.74, 6) is 1.52. The van der Waals surface area contributed by atoms with Crippen molar-refractivity contribution in [1.82, 2.24) is 0 Å². The van der Waals surface area contributed by atoms with Crippen LogP contribution in [0.5, 0.6) is 17.2 Å². The fraction of sp³-hybridized carbons (Fsp3) is 0.174. The molecule has 148 valence electrons. The average molecular weight is 391 g/mol. The van der Waals surface area contributed by atoms with E-state index in [0.717, 1.165) is 21.9 Å². The zero-order chi connectivity index (χ0) is 20.2. The fourth-order valence-electron chi connectivity index (χ4n) is 3.16. The number of ether oxygens (including phenoxy) is 3. The second kappa shape index (κ2) is 8.14.